The van der Waals surface area contributed by atoms with Gasteiger partial charge in [0.25, 0.3) is 5.56 Å². The lowest BCUT2D eigenvalue weighted by Crippen LogP contribution is -2.09. The Kier molecular flexibility index (Phi) is 3.13. The Morgan fingerprint density at radius 3 is 2.90 bits per heavy atom. The van der Waals surface area contributed by atoms with E-state index in [9.17, 15) is 9.90 Å². The normalized spacial score (nSPS) is 11.1. The number of fused-ring (bicyclic) bond motifs is 1. The topological polar surface area (TPSA) is 96.9 Å². The fraction of sp³-hybridized carbons (Fsp3) is 0.0769. The maximum absolute atomic E-state index is 11.8. The van der Waals surface area contributed by atoms with E-state index < -0.39 is 5.56 Å². The number of hydrogen-bond donors (Lipinski definition) is 3. The summed E-state index contributed by atoms with van der Waals surface area (Å²) < 4.78 is 2.66. The zero-order valence-corrected chi connectivity index (χ0v) is 12.5. The van der Waals surface area contributed by atoms with Crippen molar-refractivity contribution in [3.63, 3.8) is 0 Å². The van der Waals surface area contributed by atoms with Crippen LogP contribution in [-0.2, 0) is 6.54 Å². The summed E-state index contributed by atoms with van der Waals surface area (Å²) in [6, 6.07) is 9.26. The number of aromatic hydroxyl groups is 1. The van der Waals surface area contributed by atoms with Crippen molar-refractivity contribution < 1.29 is 5.11 Å². The quantitative estimate of drug-likeness (QED) is 0.588. The Bertz CT molecular complexity index is 853. The molecule has 0 atom stereocenters. The van der Waals surface area contributed by atoms with Gasteiger partial charge < -0.3 is 10.8 Å². The molecular formula is C13H11IN4O2. The van der Waals surface area contributed by atoms with Crippen molar-refractivity contribution in [1.82, 2.24) is 14.8 Å². The molecule has 2 aromatic heterocycles. The van der Waals surface area contributed by atoms with Gasteiger partial charge in [-0.15, -0.1) is 0 Å². The molecule has 0 aliphatic carbocycles. The van der Waals surface area contributed by atoms with Crippen LogP contribution in [0.2, 0.25) is 0 Å². The molecule has 1 aromatic carbocycles. The van der Waals surface area contributed by atoms with E-state index in [0.29, 0.717) is 23.3 Å². The average molecular weight is 382 g/mol. The van der Waals surface area contributed by atoms with Gasteiger partial charge in [-0.1, -0.05) is 18.2 Å². The van der Waals surface area contributed by atoms with E-state index in [1.54, 1.807) is 4.68 Å². The molecule has 7 heteroatoms. The third kappa shape index (κ3) is 2.13. The standard InChI is InChI=1S/C13H11IN4O2/c14-8-4-2-1-3-7(8)6-18-12(15)11-9(17-18)5-10(19)16-13(11)20/h1-5,19H,6,15H2,(H,16,20). The molecule has 0 saturated heterocycles. The van der Waals surface area contributed by atoms with Gasteiger partial charge in [0.15, 0.2) is 5.88 Å². The van der Waals surface area contributed by atoms with Crippen molar-refractivity contribution in [3.05, 3.63) is 49.8 Å². The summed E-state index contributed by atoms with van der Waals surface area (Å²) in [6.07, 6.45) is 0. The van der Waals surface area contributed by atoms with Gasteiger partial charge in [0.1, 0.15) is 16.7 Å². The lowest BCUT2D eigenvalue weighted by atomic mass is 10.2. The number of hydrogen-bond acceptors (Lipinski definition) is 4. The molecule has 0 aliphatic rings. The maximum atomic E-state index is 11.8. The zero-order valence-electron chi connectivity index (χ0n) is 10.3. The summed E-state index contributed by atoms with van der Waals surface area (Å²) in [5.74, 6) is 0.0716. The predicted molar refractivity (Wildman–Crippen MR) is 84.7 cm³/mol. The summed E-state index contributed by atoms with van der Waals surface area (Å²) in [5.41, 5.74) is 6.99. The van der Waals surface area contributed by atoms with E-state index in [0.717, 1.165) is 9.13 Å². The first-order valence-corrected chi connectivity index (χ1v) is 6.96. The second-order valence-corrected chi connectivity index (χ2v) is 5.54. The number of halogens is 1. The van der Waals surface area contributed by atoms with Crippen LogP contribution in [0, 0.1) is 3.57 Å². The third-order valence-electron chi connectivity index (χ3n) is 3.04. The fourth-order valence-electron chi connectivity index (χ4n) is 2.08. The first-order valence-electron chi connectivity index (χ1n) is 5.88. The molecule has 0 radical (unpaired) electrons. The Morgan fingerprint density at radius 2 is 2.15 bits per heavy atom. The maximum Gasteiger partial charge on any atom is 0.263 e. The van der Waals surface area contributed by atoms with Gasteiger partial charge in [-0.25, -0.2) is 4.68 Å². The Labute approximate surface area is 127 Å². The number of anilines is 1. The van der Waals surface area contributed by atoms with Crippen molar-refractivity contribution in [2.45, 2.75) is 6.54 Å². The van der Waals surface area contributed by atoms with Gasteiger partial charge in [0.05, 0.1) is 6.54 Å². The van der Waals surface area contributed by atoms with Crippen LogP contribution in [0.5, 0.6) is 5.88 Å². The van der Waals surface area contributed by atoms with Gasteiger partial charge >= 0.3 is 0 Å². The van der Waals surface area contributed by atoms with Crippen molar-refractivity contribution in [3.8, 4) is 5.88 Å². The molecule has 102 valence electrons. The minimum atomic E-state index is -0.438. The number of aromatic nitrogens is 3. The van der Waals surface area contributed by atoms with E-state index in [4.69, 9.17) is 5.73 Å². The summed E-state index contributed by atoms with van der Waals surface area (Å²) in [4.78, 5) is 14.1. The molecule has 6 nitrogen and oxygen atoms in total. The van der Waals surface area contributed by atoms with Gasteiger partial charge in [-0.05, 0) is 34.2 Å². The summed E-state index contributed by atoms with van der Waals surface area (Å²) in [6.45, 7) is 0.472. The van der Waals surface area contributed by atoms with Crippen LogP contribution in [0.15, 0.2) is 35.1 Å². The van der Waals surface area contributed by atoms with Gasteiger partial charge in [0, 0.05) is 9.64 Å². The van der Waals surface area contributed by atoms with Gasteiger partial charge in [0.2, 0.25) is 0 Å². The molecule has 4 N–H and O–H groups in total. The molecule has 3 rings (SSSR count). The number of nitrogens with two attached hydrogens (primary N) is 1. The number of pyridine rings is 1. The van der Waals surface area contributed by atoms with Crippen LogP contribution in [0.25, 0.3) is 10.9 Å². The molecule has 2 heterocycles. The molecule has 0 aliphatic heterocycles. The smallest absolute Gasteiger partial charge is 0.263 e. The highest BCUT2D eigenvalue weighted by Crippen LogP contribution is 2.21. The molecule has 0 unspecified atom stereocenters. The molecule has 0 amide bonds. The molecule has 0 saturated carbocycles. The number of nitrogen functional groups attached to an aromatic ring is 1. The second-order valence-electron chi connectivity index (χ2n) is 4.38. The monoisotopic (exact) mass is 382 g/mol. The van der Waals surface area contributed by atoms with Crippen molar-refractivity contribution in [2.24, 2.45) is 0 Å². The number of rotatable bonds is 2. The summed E-state index contributed by atoms with van der Waals surface area (Å²) in [7, 11) is 0. The minimum absolute atomic E-state index is 0.221. The first-order chi connectivity index (χ1) is 9.56. The van der Waals surface area contributed by atoms with E-state index in [1.165, 1.54) is 6.07 Å². The minimum Gasteiger partial charge on any atom is -0.494 e. The lowest BCUT2D eigenvalue weighted by Gasteiger charge is -2.06. The highest BCUT2D eigenvalue weighted by Gasteiger charge is 2.13. The highest BCUT2D eigenvalue weighted by molar-refractivity contribution is 14.1. The molecule has 0 fully saturated rings. The van der Waals surface area contributed by atoms with Crippen molar-refractivity contribution in [1.29, 1.82) is 0 Å². The first kappa shape index (κ1) is 13.0. The number of benzene rings is 1. The third-order valence-corrected chi connectivity index (χ3v) is 4.09. The van der Waals surface area contributed by atoms with E-state index in [2.05, 4.69) is 32.7 Å². The fourth-order valence-corrected chi connectivity index (χ4v) is 2.64. The Morgan fingerprint density at radius 1 is 1.40 bits per heavy atom. The predicted octanol–water partition coefficient (Wildman–Crippen LogP) is 1.67. The van der Waals surface area contributed by atoms with Crippen LogP contribution in [0.3, 0.4) is 0 Å². The largest absolute Gasteiger partial charge is 0.494 e. The second kappa shape index (κ2) is 4.82. The van der Waals surface area contributed by atoms with E-state index >= 15 is 0 Å². The number of H-pyrrole nitrogens is 1. The number of nitrogens with one attached hydrogen (secondary N) is 1. The zero-order chi connectivity index (χ0) is 14.3. The molecule has 20 heavy (non-hydrogen) atoms. The average Bonchev–Trinajstić information content (AvgIpc) is 2.69. The Hall–Kier alpha value is -2.03. The van der Waals surface area contributed by atoms with Crippen molar-refractivity contribution in [2.75, 3.05) is 5.73 Å². The Balaban J connectivity index is 2.14. The SMILES string of the molecule is Nc1c2c(=O)[nH]c(O)cc2nn1Cc1ccccc1I. The van der Waals surface area contributed by atoms with Crippen LogP contribution in [0.4, 0.5) is 5.82 Å². The number of aromatic amines is 1. The molecule has 0 spiro atoms. The highest BCUT2D eigenvalue weighted by atomic mass is 127. The van der Waals surface area contributed by atoms with E-state index in [-0.39, 0.29) is 5.88 Å². The molecule has 3 aromatic rings. The van der Waals surface area contributed by atoms with Crippen LogP contribution in [-0.4, -0.2) is 19.9 Å². The summed E-state index contributed by atoms with van der Waals surface area (Å²) in [5, 5.41) is 14.0. The summed E-state index contributed by atoms with van der Waals surface area (Å²) >= 11 is 2.24. The lowest BCUT2D eigenvalue weighted by molar-refractivity contribution is 0.453. The van der Waals surface area contributed by atoms with E-state index in [1.807, 2.05) is 24.3 Å². The van der Waals surface area contributed by atoms with Crippen LogP contribution >= 0.6 is 22.6 Å². The van der Waals surface area contributed by atoms with Crippen molar-refractivity contribution >= 4 is 39.3 Å². The number of nitrogens with zero attached hydrogens (tertiary/aromatic N) is 2. The van der Waals surface area contributed by atoms with Crippen LogP contribution < -0.4 is 11.3 Å². The molecular weight excluding hydrogens is 371 g/mol. The van der Waals surface area contributed by atoms with Crippen LogP contribution in [0.1, 0.15) is 5.56 Å². The molecule has 0 bridgehead atoms. The van der Waals surface area contributed by atoms with Gasteiger partial charge in [-0.3, -0.25) is 9.78 Å². The van der Waals surface area contributed by atoms with Gasteiger partial charge in [-0.2, -0.15) is 5.10 Å².